The first-order valence-electron chi connectivity index (χ1n) is 8.01. The van der Waals surface area contributed by atoms with Gasteiger partial charge in [0.1, 0.15) is 16.7 Å². The van der Waals surface area contributed by atoms with Crippen molar-refractivity contribution in [1.29, 1.82) is 0 Å². The molecular formula is C20H15BrClNO2S2. The molecular weight excluding hydrogens is 466 g/mol. The Bertz CT molecular complexity index is 945. The van der Waals surface area contributed by atoms with E-state index in [4.69, 9.17) is 28.6 Å². The average Bonchev–Trinajstić information content (AvgIpc) is 2.90. The van der Waals surface area contributed by atoms with Crippen molar-refractivity contribution in [2.75, 3.05) is 6.54 Å². The second kappa shape index (κ2) is 9.06. The van der Waals surface area contributed by atoms with Gasteiger partial charge in [-0.25, -0.2) is 0 Å². The molecule has 138 valence electrons. The minimum Gasteiger partial charge on any atom is -0.488 e. The Labute approximate surface area is 181 Å². The minimum absolute atomic E-state index is 0.0972. The van der Waals surface area contributed by atoms with Crippen LogP contribution >= 0.6 is 51.5 Å². The standard InChI is InChI=1S/C20H15BrClNO2S2/c1-2-9-23-19(24)18(27-20(23)26)11-13-7-8-17(15(21)10-13)25-12-14-5-3-4-6-16(14)22/h2-8,10-11H,1,9,12H2/b18-11-. The van der Waals surface area contributed by atoms with E-state index in [1.54, 1.807) is 6.08 Å². The van der Waals surface area contributed by atoms with E-state index in [0.29, 0.717) is 33.1 Å². The van der Waals surface area contributed by atoms with Crippen molar-refractivity contribution >= 4 is 67.8 Å². The van der Waals surface area contributed by atoms with Crippen molar-refractivity contribution in [3.63, 3.8) is 0 Å². The number of carbonyl (C=O) groups is 1. The SMILES string of the molecule is C=CCN1C(=O)/C(=C/c2ccc(OCc3ccccc3Cl)c(Br)c2)SC1=S. The lowest BCUT2D eigenvalue weighted by molar-refractivity contribution is -0.121. The quantitative estimate of drug-likeness (QED) is 0.285. The van der Waals surface area contributed by atoms with Crippen molar-refractivity contribution in [2.45, 2.75) is 6.61 Å². The van der Waals surface area contributed by atoms with E-state index < -0.39 is 0 Å². The molecule has 3 nitrogen and oxygen atoms in total. The van der Waals surface area contributed by atoms with Crippen molar-refractivity contribution < 1.29 is 9.53 Å². The Morgan fingerprint density at radius 2 is 2.07 bits per heavy atom. The number of thiocarbonyl (C=S) groups is 1. The molecule has 1 amide bonds. The zero-order chi connectivity index (χ0) is 19.4. The Balaban J connectivity index is 1.73. The molecule has 3 rings (SSSR count). The van der Waals surface area contributed by atoms with Gasteiger partial charge in [0.15, 0.2) is 0 Å². The molecule has 0 aromatic heterocycles. The molecule has 0 unspecified atom stereocenters. The third kappa shape index (κ3) is 4.82. The number of benzene rings is 2. The number of thioether (sulfide) groups is 1. The highest BCUT2D eigenvalue weighted by molar-refractivity contribution is 9.10. The van der Waals surface area contributed by atoms with Crippen LogP contribution in [0.4, 0.5) is 0 Å². The van der Waals surface area contributed by atoms with E-state index >= 15 is 0 Å². The fourth-order valence-corrected chi connectivity index (χ4v) is 4.41. The first-order valence-corrected chi connectivity index (χ1v) is 10.4. The van der Waals surface area contributed by atoms with Crippen molar-refractivity contribution in [3.8, 4) is 5.75 Å². The Hall–Kier alpha value is -1.60. The smallest absolute Gasteiger partial charge is 0.266 e. The van der Waals surface area contributed by atoms with Crippen molar-refractivity contribution in [3.05, 3.63) is 80.6 Å². The maximum Gasteiger partial charge on any atom is 0.266 e. The molecule has 0 saturated carbocycles. The van der Waals surface area contributed by atoms with Gasteiger partial charge in [-0.3, -0.25) is 9.69 Å². The molecule has 7 heteroatoms. The summed E-state index contributed by atoms with van der Waals surface area (Å²) in [5.41, 5.74) is 1.80. The Kier molecular flexibility index (Phi) is 6.76. The fraction of sp³-hybridized carbons (Fsp3) is 0.100. The zero-order valence-corrected chi connectivity index (χ0v) is 18.1. The van der Waals surface area contributed by atoms with E-state index in [1.807, 2.05) is 48.5 Å². The number of rotatable bonds is 6. The topological polar surface area (TPSA) is 29.5 Å². The molecule has 1 fully saturated rings. The van der Waals surface area contributed by atoms with Crippen LogP contribution in [-0.4, -0.2) is 21.7 Å². The van der Waals surface area contributed by atoms with Crippen LogP contribution in [0, 0.1) is 0 Å². The van der Waals surface area contributed by atoms with Gasteiger partial charge >= 0.3 is 0 Å². The largest absolute Gasteiger partial charge is 0.488 e. The second-order valence-electron chi connectivity index (χ2n) is 5.65. The molecule has 0 bridgehead atoms. The number of hydrogen-bond donors (Lipinski definition) is 0. The van der Waals surface area contributed by atoms with Gasteiger partial charge < -0.3 is 4.74 Å². The monoisotopic (exact) mass is 479 g/mol. The lowest BCUT2D eigenvalue weighted by atomic mass is 10.2. The molecule has 0 N–H and O–H groups in total. The van der Waals surface area contributed by atoms with Crippen LogP contribution in [0.3, 0.4) is 0 Å². The van der Waals surface area contributed by atoms with Gasteiger partial charge in [-0.05, 0) is 45.8 Å². The maximum atomic E-state index is 12.4. The first-order chi connectivity index (χ1) is 13.0. The highest BCUT2D eigenvalue weighted by Crippen LogP contribution is 2.34. The lowest BCUT2D eigenvalue weighted by Crippen LogP contribution is -2.27. The maximum absolute atomic E-state index is 12.4. The molecule has 1 saturated heterocycles. The summed E-state index contributed by atoms with van der Waals surface area (Å²) in [6.45, 7) is 4.45. The van der Waals surface area contributed by atoms with Crippen LogP contribution in [0.5, 0.6) is 5.75 Å². The molecule has 0 atom stereocenters. The molecule has 1 aliphatic heterocycles. The van der Waals surface area contributed by atoms with Gasteiger partial charge in [0, 0.05) is 17.1 Å². The Morgan fingerprint density at radius 1 is 1.30 bits per heavy atom. The van der Waals surface area contributed by atoms with Gasteiger partial charge in [0.2, 0.25) is 0 Å². The summed E-state index contributed by atoms with van der Waals surface area (Å²) in [7, 11) is 0. The summed E-state index contributed by atoms with van der Waals surface area (Å²) >= 11 is 16.2. The predicted octanol–water partition coefficient (Wildman–Crippen LogP) is 6.07. The van der Waals surface area contributed by atoms with Gasteiger partial charge in [0.25, 0.3) is 5.91 Å². The van der Waals surface area contributed by atoms with Gasteiger partial charge in [-0.15, -0.1) is 6.58 Å². The second-order valence-corrected chi connectivity index (χ2v) is 8.59. The highest BCUT2D eigenvalue weighted by Gasteiger charge is 2.30. The summed E-state index contributed by atoms with van der Waals surface area (Å²) < 4.78 is 7.19. The van der Waals surface area contributed by atoms with Gasteiger partial charge in [-0.2, -0.15) is 0 Å². The molecule has 0 radical (unpaired) electrons. The zero-order valence-electron chi connectivity index (χ0n) is 14.2. The summed E-state index contributed by atoms with van der Waals surface area (Å²) in [6, 6.07) is 13.2. The number of halogens is 2. The number of carbonyl (C=O) groups excluding carboxylic acids is 1. The average molecular weight is 481 g/mol. The van der Waals surface area contributed by atoms with Crippen molar-refractivity contribution in [1.82, 2.24) is 4.90 Å². The minimum atomic E-state index is -0.0972. The summed E-state index contributed by atoms with van der Waals surface area (Å²) in [6.07, 6.45) is 3.49. The van der Waals surface area contributed by atoms with Crippen LogP contribution in [-0.2, 0) is 11.4 Å². The molecule has 2 aromatic carbocycles. The van der Waals surface area contributed by atoms with E-state index in [2.05, 4.69) is 22.5 Å². The van der Waals surface area contributed by atoms with E-state index in [1.165, 1.54) is 16.7 Å². The number of amides is 1. The molecule has 1 heterocycles. The van der Waals surface area contributed by atoms with Crippen LogP contribution in [0.15, 0.2) is 64.5 Å². The van der Waals surface area contributed by atoms with Crippen LogP contribution in [0.2, 0.25) is 5.02 Å². The van der Waals surface area contributed by atoms with E-state index in [0.717, 1.165) is 15.6 Å². The number of nitrogens with zero attached hydrogens (tertiary/aromatic N) is 1. The summed E-state index contributed by atoms with van der Waals surface area (Å²) in [4.78, 5) is 14.5. The number of ether oxygens (including phenoxy) is 1. The van der Waals surface area contributed by atoms with Crippen molar-refractivity contribution in [2.24, 2.45) is 0 Å². The third-order valence-electron chi connectivity index (χ3n) is 3.78. The highest BCUT2D eigenvalue weighted by atomic mass is 79.9. The third-order valence-corrected chi connectivity index (χ3v) is 6.15. The summed E-state index contributed by atoms with van der Waals surface area (Å²) in [5, 5.41) is 0.673. The summed E-state index contributed by atoms with van der Waals surface area (Å²) in [5.74, 6) is 0.603. The molecule has 2 aromatic rings. The van der Waals surface area contributed by atoms with Crippen LogP contribution < -0.4 is 4.74 Å². The lowest BCUT2D eigenvalue weighted by Gasteiger charge is -2.11. The van der Waals surface area contributed by atoms with Crippen LogP contribution in [0.1, 0.15) is 11.1 Å². The molecule has 27 heavy (non-hydrogen) atoms. The first kappa shape index (κ1) is 20.1. The van der Waals surface area contributed by atoms with Gasteiger partial charge in [0.05, 0.1) is 9.38 Å². The van der Waals surface area contributed by atoms with E-state index in [9.17, 15) is 4.79 Å². The predicted molar refractivity (Wildman–Crippen MR) is 120 cm³/mol. The molecule has 1 aliphatic rings. The number of hydrogen-bond acceptors (Lipinski definition) is 4. The molecule has 0 aliphatic carbocycles. The fourth-order valence-electron chi connectivity index (χ4n) is 2.43. The van der Waals surface area contributed by atoms with Crippen LogP contribution in [0.25, 0.3) is 6.08 Å². The van der Waals surface area contributed by atoms with E-state index in [-0.39, 0.29) is 5.91 Å². The Morgan fingerprint density at radius 3 is 2.78 bits per heavy atom. The normalized spacial score (nSPS) is 15.5. The molecule has 0 spiro atoms. The van der Waals surface area contributed by atoms with Gasteiger partial charge in [-0.1, -0.05) is 65.9 Å².